The van der Waals surface area contributed by atoms with E-state index in [2.05, 4.69) is 47.8 Å². The Morgan fingerprint density at radius 2 is 1.40 bits per heavy atom. The summed E-state index contributed by atoms with van der Waals surface area (Å²) in [6.07, 6.45) is 0. The van der Waals surface area contributed by atoms with Crippen molar-refractivity contribution < 1.29 is 4.39 Å². The van der Waals surface area contributed by atoms with Crippen LogP contribution < -0.4 is 0 Å². The van der Waals surface area contributed by atoms with E-state index in [4.69, 9.17) is 0 Å². The highest BCUT2D eigenvalue weighted by atomic mass is 79.9. The molecular formula is C6H2Br3F. The second-order valence-corrected chi connectivity index (χ2v) is 4.19. The zero-order valence-corrected chi connectivity index (χ0v) is 9.42. The van der Waals surface area contributed by atoms with E-state index in [-0.39, 0.29) is 5.82 Å². The van der Waals surface area contributed by atoms with Crippen LogP contribution in [-0.4, -0.2) is 0 Å². The van der Waals surface area contributed by atoms with Gasteiger partial charge < -0.3 is 0 Å². The second-order valence-electron chi connectivity index (χ2n) is 1.68. The van der Waals surface area contributed by atoms with Crippen molar-refractivity contribution in [2.24, 2.45) is 0 Å². The fourth-order valence-electron chi connectivity index (χ4n) is 0.525. The topological polar surface area (TPSA) is 0 Å². The summed E-state index contributed by atoms with van der Waals surface area (Å²) in [7, 11) is 0. The molecule has 0 aliphatic carbocycles. The van der Waals surface area contributed by atoms with Crippen LogP contribution in [0.4, 0.5) is 4.39 Å². The molecule has 4 heteroatoms. The maximum atomic E-state index is 12.5. The first kappa shape index (κ1) is 8.68. The Balaban J connectivity index is 3.31. The summed E-state index contributed by atoms with van der Waals surface area (Å²) in [5.74, 6) is -0.262. The van der Waals surface area contributed by atoms with Gasteiger partial charge in [0.25, 0.3) is 0 Å². The molecule has 54 valence electrons. The monoisotopic (exact) mass is 330 g/mol. The highest BCUT2D eigenvalue weighted by Crippen LogP contribution is 2.31. The van der Waals surface area contributed by atoms with Gasteiger partial charge in [-0.15, -0.1) is 0 Å². The van der Waals surface area contributed by atoms with Crippen molar-refractivity contribution in [3.05, 3.63) is 31.4 Å². The van der Waals surface area contributed by atoms with Crippen molar-refractivity contribution >= 4 is 47.8 Å². The van der Waals surface area contributed by atoms with Crippen LogP contribution in [0.1, 0.15) is 0 Å². The van der Waals surface area contributed by atoms with Gasteiger partial charge in [0, 0.05) is 13.4 Å². The molecule has 10 heavy (non-hydrogen) atoms. The minimum Gasteiger partial charge on any atom is -0.207 e. The third-order valence-corrected chi connectivity index (χ3v) is 4.12. The summed E-state index contributed by atoms with van der Waals surface area (Å²) in [5, 5.41) is 0. The zero-order chi connectivity index (χ0) is 7.72. The lowest BCUT2D eigenvalue weighted by molar-refractivity contribution is 0.625. The Labute approximate surface area is 83.2 Å². The molecule has 0 bridgehead atoms. The van der Waals surface area contributed by atoms with Crippen molar-refractivity contribution in [1.29, 1.82) is 0 Å². The first-order valence-corrected chi connectivity index (χ1v) is 4.79. The lowest BCUT2D eigenvalue weighted by atomic mass is 10.4. The fraction of sp³-hybridized carbons (Fsp3) is 0. The van der Waals surface area contributed by atoms with Crippen molar-refractivity contribution in [3.8, 4) is 0 Å². The molecule has 0 N–H and O–H groups in total. The summed E-state index contributed by atoms with van der Waals surface area (Å²) >= 11 is 9.61. The van der Waals surface area contributed by atoms with Gasteiger partial charge in [-0.05, 0) is 59.9 Å². The average Bonchev–Trinajstić information content (AvgIpc) is 1.82. The first-order chi connectivity index (χ1) is 4.61. The molecule has 0 unspecified atom stereocenters. The zero-order valence-electron chi connectivity index (χ0n) is 4.67. The lowest BCUT2D eigenvalue weighted by Gasteiger charge is -1.98. The van der Waals surface area contributed by atoms with Crippen molar-refractivity contribution in [3.63, 3.8) is 0 Å². The highest BCUT2D eigenvalue weighted by Gasteiger charge is 2.02. The summed E-state index contributed by atoms with van der Waals surface area (Å²) in [5.41, 5.74) is 0. The third-order valence-electron chi connectivity index (χ3n) is 0.949. The van der Waals surface area contributed by atoms with Gasteiger partial charge in [0.15, 0.2) is 0 Å². The molecule has 0 nitrogen and oxygen atoms in total. The molecule has 0 atom stereocenters. The number of halogens is 4. The molecule has 1 rings (SSSR count). The normalized spacial score (nSPS) is 10.0. The van der Waals surface area contributed by atoms with Crippen LogP contribution >= 0.6 is 47.8 Å². The van der Waals surface area contributed by atoms with Crippen LogP contribution in [-0.2, 0) is 0 Å². The maximum absolute atomic E-state index is 12.5. The van der Waals surface area contributed by atoms with Gasteiger partial charge in [-0.2, -0.15) is 0 Å². The molecule has 0 fully saturated rings. The number of rotatable bonds is 0. The average molecular weight is 333 g/mol. The molecule has 0 amide bonds. The molecule has 0 saturated heterocycles. The maximum Gasteiger partial charge on any atom is 0.125 e. The number of hydrogen-bond donors (Lipinski definition) is 0. The van der Waals surface area contributed by atoms with Crippen LogP contribution in [0.2, 0.25) is 0 Å². The van der Waals surface area contributed by atoms with Crippen LogP contribution in [0.5, 0.6) is 0 Å². The molecule has 1 aromatic rings. The molecule has 0 aliphatic heterocycles. The third kappa shape index (κ3) is 1.80. The number of hydrogen-bond acceptors (Lipinski definition) is 0. The summed E-state index contributed by atoms with van der Waals surface area (Å²) in [6, 6.07) is 2.80. The van der Waals surface area contributed by atoms with Gasteiger partial charge in [0.05, 0.1) is 0 Å². The predicted octanol–water partition coefficient (Wildman–Crippen LogP) is 4.11. The van der Waals surface area contributed by atoms with Crippen LogP contribution in [0.3, 0.4) is 0 Å². The van der Waals surface area contributed by atoms with Crippen molar-refractivity contribution in [2.75, 3.05) is 0 Å². The Morgan fingerprint density at radius 1 is 1.00 bits per heavy atom. The van der Waals surface area contributed by atoms with E-state index in [1.807, 2.05) is 0 Å². The van der Waals surface area contributed by atoms with Gasteiger partial charge in [-0.3, -0.25) is 0 Å². The predicted molar refractivity (Wildman–Crippen MR) is 49.5 cm³/mol. The van der Waals surface area contributed by atoms with Crippen molar-refractivity contribution in [1.82, 2.24) is 0 Å². The van der Waals surface area contributed by atoms with Crippen LogP contribution in [0, 0.1) is 5.82 Å². The molecule has 0 spiro atoms. The smallest absolute Gasteiger partial charge is 0.125 e. The lowest BCUT2D eigenvalue weighted by Crippen LogP contribution is -1.76. The molecule has 0 heterocycles. The Bertz CT molecular complexity index is 236. The van der Waals surface area contributed by atoms with E-state index in [9.17, 15) is 4.39 Å². The SMILES string of the molecule is Fc1cc(Br)c(Br)c(Br)c1. The van der Waals surface area contributed by atoms with Crippen LogP contribution in [0.25, 0.3) is 0 Å². The summed E-state index contributed by atoms with van der Waals surface area (Å²) in [4.78, 5) is 0. The second kappa shape index (κ2) is 3.32. The highest BCUT2D eigenvalue weighted by molar-refractivity contribution is 9.14. The molecule has 0 saturated carbocycles. The fourth-order valence-corrected chi connectivity index (χ4v) is 1.88. The van der Waals surface area contributed by atoms with E-state index >= 15 is 0 Å². The molecular weight excluding hydrogens is 331 g/mol. The summed E-state index contributed by atoms with van der Waals surface area (Å²) < 4.78 is 14.8. The minimum absolute atomic E-state index is 0.262. The molecule has 0 aliphatic rings. The Morgan fingerprint density at radius 3 is 1.80 bits per heavy atom. The standard InChI is InChI=1S/C6H2Br3F/c7-4-1-3(10)2-5(8)6(4)9/h1-2H. The van der Waals surface area contributed by atoms with E-state index in [1.165, 1.54) is 12.1 Å². The minimum atomic E-state index is -0.262. The van der Waals surface area contributed by atoms with Gasteiger partial charge >= 0.3 is 0 Å². The van der Waals surface area contributed by atoms with Crippen molar-refractivity contribution in [2.45, 2.75) is 0 Å². The molecule has 0 aromatic heterocycles. The van der Waals surface area contributed by atoms with Crippen LogP contribution in [0.15, 0.2) is 25.6 Å². The van der Waals surface area contributed by atoms with E-state index in [1.54, 1.807) is 0 Å². The van der Waals surface area contributed by atoms with Gasteiger partial charge in [0.2, 0.25) is 0 Å². The van der Waals surface area contributed by atoms with E-state index < -0.39 is 0 Å². The molecule has 1 aromatic carbocycles. The first-order valence-electron chi connectivity index (χ1n) is 2.41. The quantitative estimate of drug-likeness (QED) is 0.495. The van der Waals surface area contributed by atoms with E-state index in [0.29, 0.717) is 8.95 Å². The van der Waals surface area contributed by atoms with E-state index in [0.717, 1.165) is 4.47 Å². The van der Waals surface area contributed by atoms with Gasteiger partial charge in [-0.1, -0.05) is 0 Å². The Kier molecular flexibility index (Phi) is 2.89. The number of benzene rings is 1. The largest absolute Gasteiger partial charge is 0.207 e. The Hall–Kier alpha value is 0.590. The van der Waals surface area contributed by atoms with Gasteiger partial charge in [-0.25, -0.2) is 4.39 Å². The van der Waals surface area contributed by atoms with Gasteiger partial charge in [0.1, 0.15) is 5.82 Å². The molecule has 0 radical (unpaired) electrons. The summed E-state index contributed by atoms with van der Waals surface area (Å²) in [6.45, 7) is 0.